The largest absolute Gasteiger partial charge is 0.383 e. The van der Waals surface area contributed by atoms with Crippen molar-refractivity contribution in [3.8, 4) is 0 Å². The van der Waals surface area contributed by atoms with Gasteiger partial charge in [-0.1, -0.05) is 6.92 Å². The molecule has 1 aliphatic heterocycles. The first-order valence-corrected chi connectivity index (χ1v) is 7.73. The van der Waals surface area contributed by atoms with Crippen molar-refractivity contribution in [3.63, 3.8) is 0 Å². The third-order valence-corrected chi connectivity index (χ3v) is 3.94. The Balaban J connectivity index is 2.07. The fourth-order valence-corrected chi connectivity index (χ4v) is 2.78. The maximum absolute atomic E-state index is 14.5. The molecule has 1 aromatic heterocycles. The van der Waals surface area contributed by atoms with Crippen LogP contribution in [-0.2, 0) is 11.2 Å². The lowest BCUT2D eigenvalue weighted by Gasteiger charge is -2.37. The summed E-state index contributed by atoms with van der Waals surface area (Å²) in [6.07, 6.45) is 5.39. The summed E-state index contributed by atoms with van der Waals surface area (Å²) >= 11 is 0. The molecule has 118 valence electrons. The molecule has 0 radical (unpaired) electrons. The summed E-state index contributed by atoms with van der Waals surface area (Å²) in [5, 5.41) is 3.37. The van der Waals surface area contributed by atoms with Gasteiger partial charge in [0.15, 0.2) is 11.6 Å². The number of anilines is 1. The van der Waals surface area contributed by atoms with Gasteiger partial charge in [-0.15, -0.1) is 0 Å². The van der Waals surface area contributed by atoms with E-state index in [1.54, 1.807) is 7.11 Å². The predicted octanol–water partition coefficient (Wildman–Crippen LogP) is 1.77. The molecule has 5 nitrogen and oxygen atoms in total. The molecule has 0 amide bonds. The van der Waals surface area contributed by atoms with Gasteiger partial charge < -0.3 is 15.0 Å². The molecular formula is C15H25FN4O. The topological polar surface area (TPSA) is 50.3 Å². The first-order valence-electron chi connectivity index (χ1n) is 7.73. The van der Waals surface area contributed by atoms with Crippen LogP contribution in [0, 0.1) is 5.82 Å². The van der Waals surface area contributed by atoms with Crippen molar-refractivity contribution >= 4 is 5.82 Å². The minimum absolute atomic E-state index is 0.260. The average Bonchev–Trinajstić information content (AvgIpc) is 2.52. The Morgan fingerprint density at radius 3 is 3.05 bits per heavy atom. The molecule has 1 atom stereocenters. The summed E-state index contributed by atoms with van der Waals surface area (Å²) in [6.45, 7) is 5.10. The van der Waals surface area contributed by atoms with Crippen LogP contribution in [0.1, 0.15) is 31.9 Å². The van der Waals surface area contributed by atoms with Gasteiger partial charge >= 0.3 is 0 Å². The van der Waals surface area contributed by atoms with Gasteiger partial charge in [0.25, 0.3) is 0 Å². The smallest absolute Gasteiger partial charge is 0.187 e. The number of rotatable bonds is 7. The molecule has 0 aliphatic carbocycles. The zero-order chi connectivity index (χ0) is 15.1. The van der Waals surface area contributed by atoms with Crippen molar-refractivity contribution < 1.29 is 9.13 Å². The third kappa shape index (κ3) is 4.11. The molecule has 1 aliphatic rings. The second kappa shape index (κ2) is 8.24. The number of nitrogens with zero attached hydrogens (tertiary/aromatic N) is 3. The number of hydrogen-bond donors (Lipinski definition) is 1. The summed E-state index contributed by atoms with van der Waals surface area (Å²) in [4.78, 5) is 10.3. The monoisotopic (exact) mass is 296 g/mol. The zero-order valence-electron chi connectivity index (χ0n) is 12.9. The van der Waals surface area contributed by atoms with Crippen molar-refractivity contribution in [2.24, 2.45) is 0 Å². The van der Waals surface area contributed by atoms with Gasteiger partial charge in [-0.2, -0.15) is 0 Å². The lowest BCUT2D eigenvalue weighted by atomic mass is 10.0. The Morgan fingerprint density at radius 1 is 1.43 bits per heavy atom. The Bertz CT molecular complexity index is 444. The molecule has 0 spiro atoms. The summed E-state index contributed by atoms with van der Waals surface area (Å²) in [6, 6.07) is 0.282. The highest BCUT2D eigenvalue weighted by Gasteiger charge is 2.26. The molecule has 1 aromatic rings. The lowest BCUT2D eigenvalue weighted by Crippen LogP contribution is -2.47. The Hall–Kier alpha value is -1.27. The van der Waals surface area contributed by atoms with Gasteiger partial charge in [0.05, 0.1) is 12.3 Å². The number of methoxy groups -OCH3 is 1. The highest BCUT2D eigenvalue weighted by Crippen LogP contribution is 2.26. The lowest BCUT2D eigenvalue weighted by molar-refractivity contribution is 0.198. The minimum Gasteiger partial charge on any atom is -0.383 e. The number of hydrogen-bond acceptors (Lipinski definition) is 5. The van der Waals surface area contributed by atoms with Crippen LogP contribution in [0.5, 0.6) is 0 Å². The number of nitrogens with one attached hydrogen (secondary N) is 1. The second-order valence-corrected chi connectivity index (χ2v) is 5.35. The van der Waals surface area contributed by atoms with Crippen LogP contribution in [0.3, 0.4) is 0 Å². The first kappa shape index (κ1) is 16.1. The normalized spacial score (nSPS) is 19.0. The minimum atomic E-state index is -0.260. The Morgan fingerprint density at radius 2 is 2.29 bits per heavy atom. The zero-order valence-corrected chi connectivity index (χ0v) is 12.9. The maximum atomic E-state index is 14.5. The van der Waals surface area contributed by atoms with Crippen molar-refractivity contribution in [2.45, 2.75) is 38.6 Å². The molecule has 2 heterocycles. The number of halogens is 1. The van der Waals surface area contributed by atoms with Crippen molar-refractivity contribution in [3.05, 3.63) is 17.8 Å². The van der Waals surface area contributed by atoms with Crippen molar-refractivity contribution in [1.29, 1.82) is 0 Å². The van der Waals surface area contributed by atoms with Crippen LogP contribution in [0.15, 0.2) is 6.33 Å². The summed E-state index contributed by atoms with van der Waals surface area (Å²) in [7, 11) is 1.69. The Kier molecular flexibility index (Phi) is 6.32. The number of ether oxygens (including phenoxy) is 1. The van der Waals surface area contributed by atoms with Crippen molar-refractivity contribution in [1.82, 2.24) is 15.3 Å². The van der Waals surface area contributed by atoms with Gasteiger partial charge in [0.2, 0.25) is 0 Å². The van der Waals surface area contributed by atoms with E-state index in [4.69, 9.17) is 4.74 Å². The Labute approximate surface area is 125 Å². The molecule has 1 saturated heterocycles. The molecule has 1 fully saturated rings. The molecule has 21 heavy (non-hydrogen) atoms. The van der Waals surface area contributed by atoms with Crippen molar-refractivity contribution in [2.75, 3.05) is 38.3 Å². The van der Waals surface area contributed by atoms with E-state index in [2.05, 4.69) is 20.2 Å². The SMILES string of the molecule is CCc1ncnc(N2CCCCC2CNCCOC)c1F. The van der Waals surface area contributed by atoms with Gasteiger partial charge in [-0.25, -0.2) is 14.4 Å². The van der Waals surface area contributed by atoms with Gasteiger partial charge in [-0.05, 0) is 25.7 Å². The standard InChI is InChI=1S/C15H25FN4O/c1-3-13-14(16)15(19-11-18-13)20-8-5-4-6-12(20)10-17-7-9-21-2/h11-12,17H,3-10H2,1-2H3. The highest BCUT2D eigenvalue weighted by molar-refractivity contribution is 5.43. The van der Waals surface area contributed by atoms with Crippen LogP contribution in [-0.4, -0.2) is 49.4 Å². The molecule has 2 rings (SSSR count). The molecular weight excluding hydrogens is 271 g/mol. The average molecular weight is 296 g/mol. The van der Waals surface area contributed by atoms with E-state index < -0.39 is 0 Å². The number of piperidine rings is 1. The molecule has 6 heteroatoms. The molecule has 0 bridgehead atoms. The summed E-state index contributed by atoms with van der Waals surface area (Å²) in [5.41, 5.74) is 0.497. The molecule has 0 aromatic carbocycles. The molecule has 1 N–H and O–H groups in total. The number of aryl methyl sites for hydroxylation is 1. The molecule has 0 saturated carbocycles. The summed E-state index contributed by atoms with van der Waals surface area (Å²) in [5.74, 6) is 0.198. The van der Waals surface area contributed by atoms with E-state index in [-0.39, 0.29) is 11.9 Å². The van der Waals surface area contributed by atoms with Crippen LogP contribution in [0.2, 0.25) is 0 Å². The fraction of sp³-hybridized carbons (Fsp3) is 0.733. The van der Waals surface area contributed by atoms with E-state index in [0.29, 0.717) is 24.5 Å². The quantitative estimate of drug-likeness (QED) is 0.777. The fourth-order valence-electron chi connectivity index (χ4n) is 2.78. The van der Waals surface area contributed by atoms with Crippen LogP contribution >= 0.6 is 0 Å². The van der Waals surface area contributed by atoms with Gasteiger partial charge in [0.1, 0.15) is 6.33 Å². The van der Waals surface area contributed by atoms with Crippen LogP contribution < -0.4 is 10.2 Å². The van der Waals surface area contributed by atoms with E-state index in [0.717, 1.165) is 32.5 Å². The predicted molar refractivity (Wildman–Crippen MR) is 81.1 cm³/mol. The van der Waals surface area contributed by atoms with Crippen LogP contribution in [0.25, 0.3) is 0 Å². The maximum Gasteiger partial charge on any atom is 0.187 e. The van der Waals surface area contributed by atoms with E-state index in [9.17, 15) is 4.39 Å². The van der Waals surface area contributed by atoms with E-state index >= 15 is 0 Å². The van der Waals surface area contributed by atoms with E-state index in [1.807, 2.05) is 6.92 Å². The first-order chi connectivity index (χ1) is 10.3. The second-order valence-electron chi connectivity index (χ2n) is 5.35. The van der Waals surface area contributed by atoms with Crippen LogP contribution in [0.4, 0.5) is 10.2 Å². The van der Waals surface area contributed by atoms with E-state index in [1.165, 1.54) is 12.7 Å². The molecule has 1 unspecified atom stereocenters. The number of aromatic nitrogens is 2. The van der Waals surface area contributed by atoms with Gasteiger partial charge in [-0.3, -0.25) is 0 Å². The van der Waals surface area contributed by atoms with Gasteiger partial charge in [0, 0.05) is 32.8 Å². The highest BCUT2D eigenvalue weighted by atomic mass is 19.1. The third-order valence-electron chi connectivity index (χ3n) is 3.94. The summed E-state index contributed by atoms with van der Waals surface area (Å²) < 4.78 is 19.5.